The SMILES string of the molecule is CC[C@H](C)Nc1ncc(Br)cc1C. The van der Waals surface area contributed by atoms with Crippen LogP contribution in [0.3, 0.4) is 0 Å². The van der Waals surface area contributed by atoms with Gasteiger partial charge >= 0.3 is 0 Å². The molecule has 0 aromatic carbocycles. The fraction of sp³-hybridized carbons (Fsp3) is 0.500. The standard InChI is InChI=1S/C10H15BrN2/c1-4-8(3)13-10-7(2)5-9(11)6-12-10/h5-6,8H,4H2,1-3H3,(H,12,13)/t8-/m0/s1. The molecule has 0 unspecified atom stereocenters. The van der Waals surface area contributed by atoms with E-state index in [1.807, 2.05) is 6.20 Å². The van der Waals surface area contributed by atoms with Crippen molar-refractivity contribution in [3.63, 3.8) is 0 Å². The predicted octanol–water partition coefficient (Wildman–Crippen LogP) is 3.36. The summed E-state index contributed by atoms with van der Waals surface area (Å²) in [6, 6.07) is 2.55. The van der Waals surface area contributed by atoms with Gasteiger partial charge in [-0.25, -0.2) is 4.98 Å². The molecule has 1 rings (SSSR count). The Hall–Kier alpha value is -0.570. The van der Waals surface area contributed by atoms with Gasteiger partial charge in [0.2, 0.25) is 0 Å². The molecular formula is C10H15BrN2. The van der Waals surface area contributed by atoms with Gasteiger partial charge in [0.25, 0.3) is 0 Å². The first-order chi connectivity index (χ1) is 6.13. The highest BCUT2D eigenvalue weighted by molar-refractivity contribution is 9.10. The quantitative estimate of drug-likeness (QED) is 0.880. The molecule has 1 heterocycles. The highest BCUT2D eigenvalue weighted by atomic mass is 79.9. The number of nitrogens with one attached hydrogen (secondary N) is 1. The van der Waals surface area contributed by atoms with E-state index in [9.17, 15) is 0 Å². The maximum Gasteiger partial charge on any atom is 0.129 e. The molecule has 0 fully saturated rings. The van der Waals surface area contributed by atoms with Gasteiger partial charge in [0.05, 0.1) is 0 Å². The molecule has 72 valence electrons. The molecule has 0 saturated carbocycles. The summed E-state index contributed by atoms with van der Waals surface area (Å²) in [5.74, 6) is 0.984. The van der Waals surface area contributed by atoms with E-state index in [-0.39, 0.29) is 0 Å². The Kier molecular flexibility index (Phi) is 3.72. The lowest BCUT2D eigenvalue weighted by Crippen LogP contribution is -2.15. The maximum absolute atomic E-state index is 4.31. The number of hydrogen-bond acceptors (Lipinski definition) is 2. The van der Waals surface area contributed by atoms with E-state index >= 15 is 0 Å². The second kappa shape index (κ2) is 4.61. The molecule has 0 bridgehead atoms. The van der Waals surface area contributed by atoms with Gasteiger partial charge in [-0.15, -0.1) is 0 Å². The van der Waals surface area contributed by atoms with Crippen molar-refractivity contribution < 1.29 is 0 Å². The van der Waals surface area contributed by atoms with Gasteiger partial charge in [-0.3, -0.25) is 0 Å². The van der Waals surface area contributed by atoms with Crippen molar-refractivity contribution in [3.8, 4) is 0 Å². The lowest BCUT2D eigenvalue weighted by molar-refractivity contribution is 0.758. The minimum Gasteiger partial charge on any atom is -0.367 e. The molecule has 1 atom stereocenters. The molecule has 0 aliphatic carbocycles. The van der Waals surface area contributed by atoms with Crippen LogP contribution in [0.25, 0.3) is 0 Å². The number of nitrogens with zero attached hydrogens (tertiary/aromatic N) is 1. The Morgan fingerprint density at radius 3 is 2.85 bits per heavy atom. The number of rotatable bonds is 3. The highest BCUT2D eigenvalue weighted by Gasteiger charge is 2.03. The Labute approximate surface area is 87.9 Å². The predicted molar refractivity (Wildman–Crippen MR) is 60.0 cm³/mol. The van der Waals surface area contributed by atoms with Crippen LogP contribution in [0.5, 0.6) is 0 Å². The second-order valence-electron chi connectivity index (χ2n) is 3.27. The van der Waals surface area contributed by atoms with E-state index in [4.69, 9.17) is 0 Å². The summed E-state index contributed by atoms with van der Waals surface area (Å²) in [6.07, 6.45) is 2.93. The first kappa shape index (κ1) is 10.5. The van der Waals surface area contributed by atoms with E-state index in [1.165, 1.54) is 5.56 Å². The van der Waals surface area contributed by atoms with Gasteiger partial charge in [-0.2, -0.15) is 0 Å². The summed E-state index contributed by atoms with van der Waals surface area (Å²) in [5.41, 5.74) is 1.18. The first-order valence-electron chi connectivity index (χ1n) is 4.52. The third-order valence-electron chi connectivity index (χ3n) is 2.04. The zero-order valence-corrected chi connectivity index (χ0v) is 9.85. The molecule has 1 aromatic rings. The van der Waals surface area contributed by atoms with Crippen LogP contribution >= 0.6 is 15.9 Å². The molecule has 2 nitrogen and oxygen atoms in total. The molecule has 0 spiro atoms. The average molecular weight is 243 g/mol. The van der Waals surface area contributed by atoms with Crippen LogP contribution in [0.2, 0.25) is 0 Å². The van der Waals surface area contributed by atoms with Crippen molar-refractivity contribution in [1.82, 2.24) is 4.98 Å². The van der Waals surface area contributed by atoms with Crippen molar-refractivity contribution in [1.29, 1.82) is 0 Å². The Morgan fingerprint density at radius 1 is 1.62 bits per heavy atom. The lowest BCUT2D eigenvalue weighted by Gasteiger charge is -2.13. The van der Waals surface area contributed by atoms with Crippen LogP contribution in [0.1, 0.15) is 25.8 Å². The Balaban J connectivity index is 2.77. The summed E-state index contributed by atoms with van der Waals surface area (Å²) in [6.45, 7) is 6.37. The van der Waals surface area contributed by atoms with Crippen molar-refractivity contribution in [2.24, 2.45) is 0 Å². The van der Waals surface area contributed by atoms with Gasteiger partial charge < -0.3 is 5.32 Å². The smallest absolute Gasteiger partial charge is 0.129 e. The van der Waals surface area contributed by atoms with E-state index in [0.717, 1.165) is 16.7 Å². The van der Waals surface area contributed by atoms with Crippen molar-refractivity contribution in [2.45, 2.75) is 33.2 Å². The monoisotopic (exact) mass is 242 g/mol. The zero-order chi connectivity index (χ0) is 9.84. The van der Waals surface area contributed by atoms with Gasteiger partial charge in [0, 0.05) is 16.7 Å². The normalized spacial score (nSPS) is 12.6. The van der Waals surface area contributed by atoms with Crippen LogP contribution in [-0.2, 0) is 0 Å². The van der Waals surface area contributed by atoms with Gasteiger partial charge in [-0.1, -0.05) is 6.92 Å². The van der Waals surface area contributed by atoms with E-state index < -0.39 is 0 Å². The lowest BCUT2D eigenvalue weighted by atomic mass is 10.2. The summed E-state index contributed by atoms with van der Waals surface area (Å²) in [5, 5.41) is 3.36. The number of halogens is 1. The summed E-state index contributed by atoms with van der Waals surface area (Å²) < 4.78 is 1.03. The number of hydrogen-bond donors (Lipinski definition) is 1. The first-order valence-corrected chi connectivity index (χ1v) is 5.31. The molecule has 0 saturated heterocycles. The molecular weight excluding hydrogens is 228 g/mol. The van der Waals surface area contributed by atoms with Gasteiger partial charge in [0.15, 0.2) is 0 Å². The van der Waals surface area contributed by atoms with E-state index in [2.05, 4.69) is 53.1 Å². The van der Waals surface area contributed by atoms with Crippen LogP contribution < -0.4 is 5.32 Å². The second-order valence-corrected chi connectivity index (χ2v) is 4.19. The number of anilines is 1. The van der Waals surface area contributed by atoms with E-state index in [0.29, 0.717) is 6.04 Å². The molecule has 1 aromatic heterocycles. The molecule has 0 radical (unpaired) electrons. The zero-order valence-electron chi connectivity index (χ0n) is 8.26. The maximum atomic E-state index is 4.31. The Bertz CT molecular complexity index is 286. The summed E-state index contributed by atoms with van der Waals surface area (Å²) >= 11 is 3.39. The Morgan fingerprint density at radius 2 is 2.31 bits per heavy atom. The molecule has 13 heavy (non-hydrogen) atoms. The van der Waals surface area contributed by atoms with Gasteiger partial charge in [-0.05, 0) is 47.8 Å². The average Bonchev–Trinajstić information content (AvgIpc) is 2.09. The largest absolute Gasteiger partial charge is 0.367 e. The van der Waals surface area contributed by atoms with Crippen LogP contribution in [0, 0.1) is 6.92 Å². The third kappa shape index (κ3) is 2.99. The minimum absolute atomic E-state index is 0.479. The molecule has 0 amide bonds. The minimum atomic E-state index is 0.479. The molecule has 0 aliphatic rings. The molecule has 0 aliphatic heterocycles. The molecule has 3 heteroatoms. The summed E-state index contributed by atoms with van der Waals surface area (Å²) in [7, 11) is 0. The van der Waals surface area contributed by atoms with Crippen molar-refractivity contribution in [2.75, 3.05) is 5.32 Å². The fourth-order valence-electron chi connectivity index (χ4n) is 1.03. The highest BCUT2D eigenvalue weighted by Crippen LogP contribution is 2.17. The summed E-state index contributed by atoms with van der Waals surface area (Å²) in [4.78, 5) is 4.31. The fourth-order valence-corrected chi connectivity index (χ4v) is 1.47. The van der Waals surface area contributed by atoms with Crippen LogP contribution in [0.4, 0.5) is 5.82 Å². The topological polar surface area (TPSA) is 24.9 Å². The number of aromatic nitrogens is 1. The number of pyridine rings is 1. The number of aryl methyl sites for hydroxylation is 1. The van der Waals surface area contributed by atoms with Crippen LogP contribution in [0.15, 0.2) is 16.7 Å². The van der Waals surface area contributed by atoms with Crippen molar-refractivity contribution >= 4 is 21.7 Å². The third-order valence-corrected chi connectivity index (χ3v) is 2.47. The van der Waals surface area contributed by atoms with Crippen LogP contribution in [-0.4, -0.2) is 11.0 Å². The van der Waals surface area contributed by atoms with Crippen molar-refractivity contribution in [3.05, 3.63) is 22.3 Å². The van der Waals surface area contributed by atoms with Gasteiger partial charge in [0.1, 0.15) is 5.82 Å². The van der Waals surface area contributed by atoms with E-state index in [1.54, 1.807) is 0 Å². The molecule has 1 N–H and O–H groups in total.